The third-order valence-corrected chi connectivity index (χ3v) is 7.35. The average Bonchev–Trinajstić information content (AvgIpc) is 2.86. The lowest BCUT2D eigenvalue weighted by Gasteiger charge is -2.33. The summed E-state index contributed by atoms with van der Waals surface area (Å²) in [4.78, 5) is 12.5. The Hall–Kier alpha value is -2.60. The molecule has 0 spiro atoms. The molecule has 2 atom stereocenters. The summed E-state index contributed by atoms with van der Waals surface area (Å²) in [6.45, 7) is 0. The zero-order valence-corrected chi connectivity index (χ0v) is 17.8. The fourth-order valence-corrected chi connectivity index (χ4v) is 5.83. The predicted molar refractivity (Wildman–Crippen MR) is 111 cm³/mol. The summed E-state index contributed by atoms with van der Waals surface area (Å²) in [5.74, 6) is -1.25. The van der Waals surface area contributed by atoms with Crippen LogP contribution in [0.4, 0.5) is 11.4 Å². The first-order valence-electron chi connectivity index (χ1n) is 9.53. The van der Waals surface area contributed by atoms with Crippen LogP contribution in [0, 0.1) is 5.92 Å². The molecule has 2 heterocycles. The molecule has 162 valence electrons. The average molecular weight is 455 g/mol. The number of carbonyl (C=O) groups excluding carboxylic acids is 1. The van der Waals surface area contributed by atoms with E-state index < -0.39 is 26.0 Å². The third kappa shape index (κ3) is 3.88. The van der Waals surface area contributed by atoms with Crippen LogP contribution >= 0.6 is 0 Å². The van der Waals surface area contributed by atoms with Gasteiger partial charge in [0.1, 0.15) is 16.2 Å². The molecule has 30 heavy (non-hydrogen) atoms. The van der Waals surface area contributed by atoms with Gasteiger partial charge in [-0.1, -0.05) is 19.3 Å². The van der Waals surface area contributed by atoms with Crippen molar-refractivity contribution in [3.63, 3.8) is 0 Å². The number of aliphatic hydroxyl groups is 1. The highest BCUT2D eigenvalue weighted by molar-refractivity contribution is 7.92. The Morgan fingerprint density at radius 2 is 1.93 bits per heavy atom. The lowest BCUT2D eigenvalue weighted by atomic mass is 9.86. The monoisotopic (exact) mass is 454 g/mol. The van der Waals surface area contributed by atoms with Crippen LogP contribution in [0.25, 0.3) is 0 Å². The molecule has 1 amide bonds. The predicted octanol–water partition coefficient (Wildman–Crippen LogP) is 1.46. The van der Waals surface area contributed by atoms with Crippen molar-refractivity contribution in [1.82, 2.24) is 5.32 Å². The van der Waals surface area contributed by atoms with Gasteiger partial charge >= 0.3 is 0 Å². The molecule has 0 aromatic heterocycles. The number of amides is 1. The van der Waals surface area contributed by atoms with E-state index in [4.69, 9.17) is 0 Å². The number of hydrogen-bond acceptors (Lipinski definition) is 7. The van der Waals surface area contributed by atoms with Gasteiger partial charge in [-0.2, -0.15) is 8.42 Å². The number of nitrogens with zero attached hydrogens (tertiary/aromatic N) is 1. The van der Waals surface area contributed by atoms with Crippen LogP contribution in [-0.2, 0) is 24.8 Å². The van der Waals surface area contributed by atoms with Gasteiger partial charge < -0.3 is 15.7 Å². The van der Waals surface area contributed by atoms with Gasteiger partial charge in [0.05, 0.1) is 11.9 Å². The lowest BCUT2D eigenvalue weighted by Crippen LogP contribution is -2.48. The van der Waals surface area contributed by atoms with E-state index in [1.54, 1.807) is 0 Å². The highest BCUT2D eigenvalue weighted by Crippen LogP contribution is 2.36. The van der Waals surface area contributed by atoms with Crippen molar-refractivity contribution in [2.24, 2.45) is 10.3 Å². The standard InChI is InChI=1S/C18H22N4O6S2/c1-29(25,26)21-10-7-8-13-14(9-10)30(27,28)22-17(19-13)15-16(23)11-5-3-2-4-6-12(11)20-18(15)24/h7-9,11-12,21,23H,2-6H2,1H3,(H,19,22)(H,20,24). The zero-order valence-electron chi connectivity index (χ0n) is 16.2. The van der Waals surface area contributed by atoms with Gasteiger partial charge in [-0.3, -0.25) is 9.52 Å². The second-order valence-electron chi connectivity index (χ2n) is 7.71. The molecule has 12 heteroatoms. The van der Waals surface area contributed by atoms with E-state index in [0.29, 0.717) is 6.42 Å². The van der Waals surface area contributed by atoms with E-state index in [9.17, 15) is 26.7 Å². The summed E-state index contributed by atoms with van der Waals surface area (Å²) in [6, 6.07) is 3.74. The Morgan fingerprint density at radius 3 is 2.67 bits per heavy atom. The first-order valence-corrected chi connectivity index (χ1v) is 12.9. The summed E-state index contributed by atoms with van der Waals surface area (Å²) in [5, 5.41) is 16.5. The molecule has 3 aliphatic rings. The summed E-state index contributed by atoms with van der Waals surface area (Å²) in [7, 11) is -7.83. The Bertz CT molecular complexity index is 1190. The maximum absolute atomic E-state index is 12.8. The Balaban J connectivity index is 1.74. The number of amidine groups is 1. The number of sulfonamides is 2. The Kier molecular flexibility index (Phi) is 5.01. The molecule has 1 aromatic carbocycles. The normalized spacial score (nSPS) is 25.8. The van der Waals surface area contributed by atoms with Crippen LogP contribution in [0.2, 0.25) is 0 Å². The first-order chi connectivity index (χ1) is 14.0. The number of anilines is 2. The van der Waals surface area contributed by atoms with Gasteiger partial charge in [0.15, 0.2) is 5.84 Å². The minimum absolute atomic E-state index is 0.0686. The van der Waals surface area contributed by atoms with Gasteiger partial charge in [0.2, 0.25) is 10.0 Å². The number of nitrogens with one attached hydrogen (secondary N) is 3. The molecule has 2 unspecified atom stereocenters. The number of hydrogen-bond donors (Lipinski definition) is 4. The zero-order chi connectivity index (χ0) is 21.7. The number of aliphatic hydroxyl groups excluding tert-OH is 1. The van der Waals surface area contributed by atoms with Crippen molar-refractivity contribution in [3.8, 4) is 0 Å². The van der Waals surface area contributed by atoms with Crippen molar-refractivity contribution in [3.05, 3.63) is 29.5 Å². The summed E-state index contributed by atoms with van der Waals surface area (Å²) in [5.41, 5.74) is 0.0277. The molecular weight excluding hydrogens is 432 g/mol. The molecule has 10 nitrogen and oxygen atoms in total. The second kappa shape index (κ2) is 7.27. The number of benzene rings is 1. The maximum Gasteiger partial charge on any atom is 0.286 e. The summed E-state index contributed by atoms with van der Waals surface area (Å²) < 4.78 is 54.3. The Labute approximate surface area is 174 Å². The van der Waals surface area contributed by atoms with Crippen LogP contribution in [0.15, 0.2) is 38.8 Å². The molecule has 0 saturated heterocycles. The highest BCUT2D eigenvalue weighted by Gasteiger charge is 2.40. The van der Waals surface area contributed by atoms with Gasteiger partial charge in [-0.15, -0.1) is 4.40 Å². The highest BCUT2D eigenvalue weighted by atomic mass is 32.2. The minimum atomic E-state index is -4.24. The number of fused-ring (bicyclic) bond motifs is 2. The third-order valence-electron chi connectivity index (χ3n) is 5.43. The van der Waals surface area contributed by atoms with Crippen molar-refractivity contribution >= 4 is 43.2 Å². The fraction of sp³-hybridized carbons (Fsp3) is 0.444. The smallest absolute Gasteiger partial charge is 0.286 e. The number of carbonyl (C=O) groups is 1. The molecule has 1 saturated carbocycles. The van der Waals surface area contributed by atoms with E-state index in [-0.39, 0.29) is 45.4 Å². The van der Waals surface area contributed by atoms with Crippen LogP contribution in [0.5, 0.6) is 0 Å². The first kappa shape index (κ1) is 20.7. The van der Waals surface area contributed by atoms with Crippen molar-refractivity contribution < 1.29 is 26.7 Å². The van der Waals surface area contributed by atoms with Gasteiger partial charge in [0, 0.05) is 17.6 Å². The quantitative estimate of drug-likeness (QED) is 0.539. The summed E-state index contributed by atoms with van der Waals surface area (Å²) >= 11 is 0. The summed E-state index contributed by atoms with van der Waals surface area (Å²) in [6.07, 6.45) is 5.27. The topological polar surface area (TPSA) is 154 Å². The number of rotatable bonds is 3. The molecule has 1 aliphatic carbocycles. The molecule has 4 N–H and O–H groups in total. The maximum atomic E-state index is 12.8. The molecular formula is C18H22N4O6S2. The lowest BCUT2D eigenvalue weighted by molar-refractivity contribution is -0.119. The van der Waals surface area contributed by atoms with E-state index in [1.807, 2.05) is 0 Å². The van der Waals surface area contributed by atoms with Gasteiger partial charge in [-0.25, -0.2) is 8.42 Å². The molecule has 0 radical (unpaired) electrons. The molecule has 4 rings (SSSR count). The molecule has 1 fully saturated rings. The van der Waals surface area contributed by atoms with Crippen molar-refractivity contribution in [1.29, 1.82) is 0 Å². The molecule has 0 bridgehead atoms. The van der Waals surface area contributed by atoms with Gasteiger partial charge in [-0.05, 0) is 31.0 Å². The van der Waals surface area contributed by atoms with Crippen molar-refractivity contribution in [2.75, 3.05) is 16.3 Å². The fourth-order valence-electron chi connectivity index (χ4n) is 4.12. The van der Waals surface area contributed by atoms with E-state index in [0.717, 1.165) is 38.0 Å². The Morgan fingerprint density at radius 1 is 1.20 bits per heavy atom. The van der Waals surface area contributed by atoms with Crippen LogP contribution in [0.3, 0.4) is 0 Å². The van der Waals surface area contributed by atoms with E-state index in [2.05, 4.69) is 19.8 Å². The van der Waals surface area contributed by atoms with Gasteiger partial charge in [0.25, 0.3) is 15.9 Å². The van der Waals surface area contributed by atoms with Crippen LogP contribution in [-0.4, -0.2) is 46.0 Å². The van der Waals surface area contributed by atoms with E-state index in [1.165, 1.54) is 12.1 Å². The van der Waals surface area contributed by atoms with Crippen molar-refractivity contribution in [2.45, 2.75) is 43.0 Å². The minimum Gasteiger partial charge on any atom is -0.511 e. The SMILES string of the molecule is CS(=O)(=O)Nc1ccc2c(c1)S(=O)(=O)N=C(C1=C(O)C3CCCCCC3NC1=O)N2. The van der Waals surface area contributed by atoms with E-state index >= 15 is 0 Å². The molecule has 1 aromatic rings. The molecule has 2 aliphatic heterocycles. The van der Waals surface area contributed by atoms with Crippen LogP contribution in [0.1, 0.15) is 32.1 Å². The largest absolute Gasteiger partial charge is 0.511 e. The van der Waals surface area contributed by atoms with Crippen LogP contribution < -0.4 is 15.4 Å². The second-order valence-corrected chi connectivity index (χ2v) is 11.0.